The second-order valence-corrected chi connectivity index (χ2v) is 7.74. The summed E-state index contributed by atoms with van der Waals surface area (Å²) < 4.78 is 0. The fourth-order valence-corrected chi connectivity index (χ4v) is 3.83. The molecule has 0 bridgehead atoms. The number of nitrogens with zero attached hydrogens (tertiary/aromatic N) is 4. The van der Waals surface area contributed by atoms with Gasteiger partial charge >= 0.3 is 0 Å². The van der Waals surface area contributed by atoms with Gasteiger partial charge in [0.25, 0.3) is 0 Å². The first-order valence-corrected chi connectivity index (χ1v) is 9.87. The zero-order chi connectivity index (χ0) is 19.2. The lowest BCUT2D eigenvalue weighted by molar-refractivity contribution is 0.593. The molecule has 2 aromatic rings. The smallest absolute Gasteiger partial charge is 0.185 e. The summed E-state index contributed by atoms with van der Waals surface area (Å²) in [5.74, 6) is 0. The zero-order valence-electron chi connectivity index (χ0n) is 16.1. The topological polar surface area (TPSA) is 55.3 Å². The van der Waals surface area contributed by atoms with E-state index in [1.807, 2.05) is 64.1 Å². The Balaban J connectivity index is 2.02. The predicted molar refractivity (Wildman–Crippen MR) is 117 cm³/mol. The molecule has 6 nitrogen and oxygen atoms in total. The average molecular weight is 383 g/mol. The number of rotatable bonds is 6. The second-order valence-electron chi connectivity index (χ2n) is 6.58. The summed E-state index contributed by atoms with van der Waals surface area (Å²) in [5, 5.41) is 13.3. The van der Waals surface area contributed by atoms with Crippen molar-refractivity contribution in [1.29, 1.82) is 0 Å². The van der Waals surface area contributed by atoms with Gasteiger partial charge in [-0.05, 0) is 52.0 Å². The van der Waals surface area contributed by atoms with Crippen LogP contribution in [0.2, 0.25) is 0 Å². The van der Waals surface area contributed by atoms with E-state index in [9.17, 15) is 0 Å². The Morgan fingerprint density at radius 2 is 1.07 bits per heavy atom. The van der Waals surface area contributed by atoms with Gasteiger partial charge in [0, 0.05) is 11.4 Å². The first kappa shape index (κ1) is 19.1. The monoisotopic (exact) mass is 382 g/mol. The van der Waals surface area contributed by atoms with E-state index in [0.29, 0.717) is 0 Å². The summed E-state index contributed by atoms with van der Waals surface area (Å²) in [6, 6.07) is 20.6. The van der Waals surface area contributed by atoms with Gasteiger partial charge in [-0.3, -0.25) is 10.9 Å². The molecule has 2 aromatic carbocycles. The Morgan fingerprint density at radius 3 is 1.41 bits per heavy atom. The highest BCUT2D eigenvalue weighted by Crippen LogP contribution is 2.39. The lowest BCUT2D eigenvalue weighted by atomic mass is 10.3. The van der Waals surface area contributed by atoms with Crippen molar-refractivity contribution in [2.24, 2.45) is 10.2 Å². The molecule has 1 aliphatic rings. The van der Waals surface area contributed by atoms with Gasteiger partial charge in [-0.1, -0.05) is 48.2 Å². The van der Waals surface area contributed by atoms with E-state index < -0.39 is 0 Å². The highest BCUT2D eigenvalue weighted by Gasteiger charge is 2.41. The first-order valence-electron chi connectivity index (χ1n) is 8.93. The Bertz CT molecular complexity index is 717. The Hall–Kier alpha value is -2.67. The van der Waals surface area contributed by atoms with Crippen LogP contribution in [0.3, 0.4) is 0 Å². The van der Waals surface area contributed by atoms with E-state index in [-0.39, 0.29) is 11.0 Å². The van der Waals surface area contributed by atoms with E-state index in [1.165, 1.54) is 0 Å². The van der Waals surface area contributed by atoms with Crippen molar-refractivity contribution >= 4 is 34.6 Å². The highest BCUT2D eigenvalue weighted by atomic mass is 32.2. The van der Waals surface area contributed by atoms with Crippen LogP contribution in [0.15, 0.2) is 70.9 Å². The van der Waals surface area contributed by atoms with Crippen molar-refractivity contribution < 1.29 is 0 Å². The molecule has 1 saturated heterocycles. The third-order valence-electron chi connectivity index (χ3n) is 3.77. The van der Waals surface area contributed by atoms with Gasteiger partial charge in [0.15, 0.2) is 11.0 Å². The van der Waals surface area contributed by atoms with Gasteiger partial charge in [-0.15, -0.1) is 0 Å². The van der Waals surface area contributed by atoms with Gasteiger partial charge in [-0.25, -0.2) is 10.0 Å². The molecule has 2 N–H and O–H groups in total. The molecule has 1 heterocycles. The summed E-state index contributed by atoms with van der Waals surface area (Å²) in [5.41, 5.74) is 10.6. The minimum Gasteiger partial charge on any atom is -0.276 e. The van der Waals surface area contributed by atoms with Gasteiger partial charge < -0.3 is 0 Å². The molecule has 2 atom stereocenters. The van der Waals surface area contributed by atoms with Crippen LogP contribution in [-0.2, 0) is 0 Å². The molecule has 1 fully saturated rings. The summed E-state index contributed by atoms with van der Waals surface area (Å²) in [6.07, 6.45) is 0. The molecule has 0 amide bonds. The highest BCUT2D eigenvalue weighted by molar-refractivity contribution is 8.00. The minimum absolute atomic E-state index is 0.0765. The van der Waals surface area contributed by atoms with Crippen LogP contribution in [0.1, 0.15) is 27.7 Å². The predicted octanol–water partition coefficient (Wildman–Crippen LogP) is 4.20. The number of hydrazine groups is 1. The van der Waals surface area contributed by atoms with Gasteiger partial charge in [0.1, 0.15) is 0 Å². The largest absolute Gasteiger partial charge is 0.276 e. The molecular formula is C20H26N6S. The van der Waals surface area contributed by atoms with Crippen molar-refractivity contribution in [3.8, 4) is 0 Å². The van der Waals surface area contributed by atoms with Crippen LogP contribution >= 0.6 is 11.8 Å². The summed E-state index contributed by atoms with van der Waals surface area (Å²) in [7, 11) is 0. The summed E-state index contributed by atoms with van der Waals surface area (Å²) in [6.45, 7) is 7.92. The Morgan fingerprint density at radius 1 is 0.704 bits per heavy atom. The summed E-state index contributed by atoms with van der Waals surface area (Å²) >= 11 is 1.72. The molecule has 0 aliphatic carbocycles. The maximum atomic E-state index is 4.45. The fraction of sp³-hybridized carbons (Fsp3) is 0.300. The zero-order valence-corrected chi connectivity index (χ0v) is 16.9. The van der Waals surface area contributed by atoms with Crippen molar-refractivity contribution in [3.05, 3.63) is 60.7 Å². The number of para-hydroxylation sites is 2. The Kier molecular flexibility index (Phi) is 6.24. The summed E-state index contributed by atoms with van der Waals surface area (Å²) in [4.78, 5) is 0. The molecule has 0 aromatic heterocycles. The number of hydrogen-bond acceptors (Lipinski definition) is 7. The molecular weight excluding hydrogens is 356 g/mol. The van der Waals surface area contributed by atoms with Gasteiger partial charge in [0.2, 0.25) is 0 Å². The Labute approximate surface area is 165 Å². The molecule has 142 valence electrons. The number of nitrogens with one attached hydrogen (secondary N) is 2. The van der Waals surface area contributed by atoms with Gasteiger partial charge in [0.05, 0.1) is 11.4 Å². The van der Waals surface area contributed by atoms with E-state index in [0.717, 1.165) is 22.8 Å². The SMILES string of the molecule is CC(C)=NN[C@@H]1S[C@@H](NN=C(C)C)N(c2ccccc2)N1c1ccccc1. The van der Waals surface area contributed by atoms with Crippen LogP contribution in [0.25, 0.3) is 0 Å². The molecule has 0 radical (unpaired) electrons. The maximum Gasteiger partial charge on any atom is 0.185 e. The molecule has 0 saturated carbocycles. The van der Waals surface area contributed by atoms with Crippen LogP contribution in [0, 0.1) is 0 Å². The number of thioether (sulfide) groups is 1. The number of benzene rings is 2. The molecule has 3 rings (SSSR count). The van der Waals surface area contributed by atoms with Crippen LogP contribution in [-0.4, -0.2) is 22.4 Å². The average Bonchev–Trinajstić information content (AvgIpc) is 3.04. The van der Waals surface area contributed by atoms with E-state index in [2.05, 4.69) is 55.3 Å². The maximum absolute atomic E-state index is 4.45. The number of hydrazone groups is 2. The third-order valence-corrected chi connectivity index (χ3v) is 4.90. The normalized spacial score (nSPS) is 18.8. The van der Waals surface area contributed by atoms with E-state index in [1.54, 1.807) is 11.8 Å². The molecule has 1 aliphatic heterocycles. The van der Waals surface area contributed by atoms with Crippen molar-refractivity contribution in [2.45, 2.75) is 38.7 Å². The lowest BCUT2D eigenvalue weighted by Crippen LogP contribution is -2.50. The van der Waals surface area contributed by atoms with Crippen molar-refractivity contribution in [2.75, 3.05) is 10.0 Å². The van der Waals surface area contributed by atoms with Crippen molar-refractivity contribution in [1.82, 2.24) is 10.9 Å². The fourth-order valence-electron chi connectivity index (χ4n) is 2.68. The van der Waals surface area contributed by atoms with Crippen molar-refractivity contribution in [3.63, 3.8) is 0 Å². The third kappa shape index (κ3) is 4.74. The van der Waals surface area contributed by atoms with E-state index in [4.69, 9.17) is 0 Å². The van der Waals surface area contributed by atoms with Crippen LogP contribution in [0.5, 0.6) is 0 Å². The second kappa shape index (κ2) is 8.81. The molecule has 0 spiro atoms. The molecule has 0 unspecified atom stereocenters. The number of anilines is 2. The minimum atomic E-state index is -0.0765. The van der Waals surface area contributed by atoms with Crippen LogP contribution < -0.4 is 20.9 Å². The quantitative estimate of drug-likeness (QED) is 0.579. The molecule has 7 heteroatoms. The number of hydrogen-bond donors (Lipinski definition) is 2. The van der Waals surface area contributed by atoms with E-state index >= 15 is 0 Å². The first-order chi connectivity index (χ1) is 13.1. The lowest BCUT2D eigenvalue weighted by Gasteiger charge is -2.36. The molecule has 27 heavy (non-hydrogen) atoms. The van der Waals surface area contributed by atoms with Crippen LogP contribution in [0.4, 0.5) is 11.4 Å². The van der Waals surface area contributed by atoms with Gasteiger partial charge in [-0.2, -0.15) is 10.2 Å². The standard InChI is InChI=1S/C20H26N6S/c1-15(2)21-23-19-25(17-11-7-5-8-12-17)26(18-13-9-6-10-14-18)20(27-19)24-22-16(3)4/h5-14,19-20,23-24H,1-4H3/t19-,20-/m0/s1.